The van der Waals surface area contributed by atoms with E-state index in [2.05, 4.69) is 22.4 Å². The van der Waals surface area contributed by atoms with Gasteiger partial charge in [-0.15, -0.1) is 0 Å². The SMILES string of the molecule is N[C@@H](CCCN=NCC=S)C(=O)O. The van der Waals surface area contributed by atoms with Gasteiger partial charge in [0.05, 0.1) is 13.1 Å². The molecule has 0 rings (SSSR count). The van der Waals surface area contributed by atoms with E-state index in [9.17, 15) is 4.79 Å². The molecule has 3 N–H and O–H groups in total. The first-order chi connectivity index (χ1) is 6.18. The van der Waals surface area contributed by atoms with Crippen LogP contribution in [0.5, 0.6) is 0 Å². The molecule has 74 valence electrons. The van der Waals surface area contributed by atoms with Gasteiger partial charge in [-0.2, -0.15) is 10.2 Å². The highest BCUT2D eigenvalue weighted by Gasteiger charge is 2.09. The summed E-state index contributed by atoms with van der Waals surface area (Å²) in [5, 5.41) is 17.4. The predicted molar refractivity (Wildman–Crippen MR) is 53.1 cm³/mol. The molecule has 0 aromatic rings. The molecule has 0 unspecified atom stereocenters. The molecule has 0 aliphatic heterocycles. The number of hydrogen-bond donors (Lipinski definition) is 2. The molecular formula is C7H13N3O2S. The molecule has 0 aromatic carbocycles. The zero-order chi connectivity index (χ0) is 10.1. The molecule has 0 aromatic heterocycles. The second kappa shape index (κ2) is 7.75. The van der Waals surface area contributed by atoms with Crippen LogP contribution >= 0.6 is 12.2 Å². The van der Waals surface area contributed by atoms with Crippen LogP contribution in [0.25, 0.3) is 0 Å². The quantitative estimate of drug-likeness (QED) is 0.361. The molecular weight excluding hydrogens is 190 g/mol. The number of carboxylic acid groups (broad SMARTS) is 1. The van der Waals surface area contributed by atoms with Crippen LogP contribution in [0.2, 0.25) is 0 Å². The summed E-state index contributed by atoms with van der Waals surface area (Å²) in [6.07, 6.45) is 1.06. The summed E-state index contributed by atoms with van der Waals surface area (Å²) in [7, 11) is 0. The summed E-state index contributed by atoms with van der Waals surface area (Å²) in [4.78, 5) is 10.3. The number of carboxylic acids is 1. The second-order valence-corrected chi connectivity index (χ2v) is 2.78. The lowest BCUT2D eigenvalue weighted by Gasteiger charge is -2.02. The Hall–Kier alpha value is -0.880. The van der Waals surface area contributed by atoms with E-state index in [1.165, 1.54) is 5.37 Å². The zero-order valence-corrected chi connectivity index (χ0v) is 8.04. The van der Waals surface area contributed by atoms with Gasteiger partial charge >= 0.3 is 5.97 Å². The van der Waals surface area contributed by atoms with Crippen molar-refractivity contribution in [1.82, 2.24) is 0 Å². The van der Waals surface area contributed by atoms with Crippen LogP contribution in [0.1, 0.15) is 12.8 Å². The van der Waals surface area contributed by atoms with E-state index in [4.69, 9.17) is 10.8 Å². The van der Waals surface area contributed by atoms with Crippen molar-refractivity contribution in [2.45, 2.75) is 18.9 Å². The molecule has 0 amide bonds. The van der Waals surface area contributed by atoms with Crippen molar-refractivity contribution in [1.29, 1.82) is 0 Å². The normalized spacial score (nSPS) is 13.0. The minimum atomic E-state index is -0.976. The molecule has 0 heterocycles. The molecule has 0 saturated carbocycles. The van der Waals surface area contributed by atoms with Gasteiger partial charge in [-0.05, 0) is 12.8 Å². The highest BCUT2D eigenvalue weighted by Crippen LogP contribution is 1.95. The number of nitrogens with zero attached hydrogens (tertiary/aromatic N) is 2. The zero-order valence-electron chi connectivity index (χ0n) is 7.22. The number of carbonyl (C=O) groups is 1. The lowest BCUT2D eigenvalue weighted by atomic mass is 10.2. The van der Waals surface area contributed by atoms with Crippen molar-refractivity contribution in [3.63, 3.8) is 0 Å². The number of thiocarbonyl (C=S) groups is 1. The first kappa shape index (κ1) is 12.1. The Kier molecular flexibility index (Phi) is 7.23. The Bertz CT molecular complexity index is 196. The lowest BCUT2D eigenvalue weighted by Crippen LogP contribution is -2.29. The van der Waals surface area contributed by atoms with E-state index in [1.54, 1.807) is 0 Å². The third-order valence-electron chi connectivity index (χ3n) is 1.35. The molecule has 6 heteroatoms. The second-order valence-electron chi connectivity index (χ2n) is 2.44. The predicted octanol–water partition coefficient (Wildman–Crippen LogP) is 0.630. The molecule has 0 aliphatic rings. The number of rotatable bonds is 7. The fourth-order valence-electron chi connectivity index (χ4n) is 0.667. The molecule has 13 heavy (non-hydrogen) atoms. The number of azo groups is 1. The van der Waals surface area contributed by atoms with E-state index >= 15 is 0 Å². The molecule has 0 aliphatic carbocycles. The Morgan fingerprint density at radius 3 is 2.85 bits per heavy atom. The smallest absolute Gasteiger partial charge is 0.320 e. The summed E-state index contributed by atoms with van der Waals surface area (Å²) in [5.41, 5.74) is 5.26. The maximum absolute atomic E-state index is 10.3. The Morgan fingerprint density at radius 2 is 2.31 bits per heavy atom. The molecule has 0 fully saturated rings. The maximum Gasteiger partial charge on any atom is 0.320 e. The first-order valence-corrected chi connectivity index (χ1v) is 4.41. The lowest BCUT2D eigenvalue weighted by molar-refractivity contribution is -0.138. The van der Waals surface area contributed by atoms with Crippen LogP contribution in [0.3, 0.4) is 0 Å². The topological polar surface area (TPSA) is 88.0 Å². The fraction of sp³-hybridized carbons (Fsp3) is 0.714. The van der Waals surface area contributed by atoms with E-state index in [0.717, 1.165) is 0 Å². The van der Waals surface area contributed by atoms with E-state index in [0.29, 0.717) is 25.9 Å². The molecule has 0 spiro atoms. The third kappa shape index (κ3) is 7.48. The Labute approximate surface area is 82.0 Å². The Morgan fingerprint density at radius 1 is 1.62 bits per heavy atom. The number of aliphatic carboxylic acids is 1. The largest absolute Gasteiger partial charge is 0.480 e. The minimum Gasteiger partial charge on any atom is -0.480 e. The van der Waals surface area contributed by atoms with Gasteiger partial charge < -0.3 is 10.8 Å². The van der Waals surface area contributed by atoms with Crippen LogP contribution in [0.15, 0.2) is 10.2 Å². The standard InChI is InChI=1S/C7H13N3O2S/c8-6(7(11)12)2-1-3-9-10-4-5-13/h5-6H,1-4,8H2,(H,11,12)/t6-/m0/s1. The van der Waals surface area contributed by atoms with Crippen molar-refractivity contribution < 1.29 is 9.90 Å². The van der Waals surface area contributed by atoms with Gasteiger partial charge in [0.15, 0.2) is 0 Å². The summed E-state index contributed by atoms with van der Waals surface area (Å²) in [6.45, 7) is 0.935. The van der Waals surface area contributed by atoms with Crippen molar-refractivity contribution in [2.75, 3.05) is 13.1 Å². The molecule has 0 saturated heterocycles. The van der Waals surface area contributed by atoms with Crippen LogP contribution in [-0.4, -0.2) is 35.6 Å². The van der Waals surface area contributed by atoms with Gasteiger partial charge in [-0.3, -0.25) is 4.79 Å². The highest BCUT2D eigenvalue weighted by atomic mass is 32.1. The van der Waals surface area contributed by atoms with Gasteiger partial charge in [0.2, 0.25) is 0 Å². The maximum atomic E-state index is 10.3. The van der Waals surface area contributed by atoms with E-state index in [1.807, 2.05) is 0 Å². The van der Waals surface area contributed by atoms with Crippen LogP contribution in [-0.2, 0) is 4.79 Å². The van der Waals surface area contributed by atoms with Gasteiger partial charge in [0, 0.05) is 5.37 Å². The number of nitrogens with two attached hydrogens (primary N) is 1. The summed E-state index contributed by atoms with van der Waals surface area (Å²) >= 11 is 4.53. The highest BCUT2D eigenvalue weighted by molar-refractivity contribution is 7.79. The summed E-state index contributed by atoms with van der Waals surface area (Å²) in [6, 6.07) is -0.791. The van der Waals surface area contributed by atoms with Crippen molar-refractivity contribution in [2.24, 2.45) is 16.0 Å². The van der Waals surface area contributed by atoms with E-state index in [-0.39, 0.29) is 0 Å². The van der Waals surface area contributed by atoms with Gasteiger partial charge in [0.25, 0.3) is 0 Å². The monoisotopic (exact) mass is 203 g/mol. The first-order valence-electron chi connectivity index (χ1n) is 3.93. The van der Waals surface area contributed by atoms with Crippen molar-refractivity contribution in [3.05, 3.63) is 0 Å². The van der Waals surface area contributed by atoms with Gasteiger partial charge in [-0.1, -0.05) is 12.2 Å². The fourth-order valence-corrected chi connectivity index (χ4v) is 0.734. The molecule has 0 bridgehead atoms. The molecule has 0 radical (unpaired) electrons. The molecule has 5 nitrogen and oxygen atoms in total. The summed E-state index contributed by atoms with van der Waals surface area (Å²) in [5.74, 6) is -0.976. The number of hydrogen-bond acceptors (Lipinski definition) is 5. The van der Waals surface area contributed by atoms with Gasteiger partial charge in [0.1, 0.15) is 6.04 Å². The minimum absolute atomic E-state index is 0.423. The van der Waals surface area contributed by atoms with Crippen molar-refractivity contribution in [3.8, 4) is 0 Å². The van der Waals surface area contributed by atoms with Crippen LogP contribution < -0.4 is 5.73 Å². The van der Waals surface area contributed by atoms with Crippen LogP contribution in [0, 0.1) is 0 Å². The third-order valence-corrected chi connectivity index (χ3v) is 1.50. The van der Waals surface area contributed by atoms with Gasteiger partial charge in [-0.25, -0.2) is 0 Å². The van der Waals surface area contributed by atoms with Crippen LogP contribution in [0.4, 0.5) is 0 Å². The summed E-state index contributed by atoms with van der Waals surface area (Å²) < 4.78 is 0. The average Bonchev–Trinajstić information content (AvgIpc) is 2.10. The Balaban J connectivity index is 3.34. The average molecular weight is 203 g/mol. The van der Waals surface area contributed by atoms with E-state index < -0.39 is 12.0 Å². The molecule has 1 atom stereocenters. The van der Waals surface area contributed by atoms with Crippen molar-refractivity contribution >= 4 is 23.6 Å².